The fourth-order valence-corrected chi connectivity index (χ4v) is 5.44. The van der Waals surface area contributed by atoms with Gasteiger partial charge in [-0.15, -0.1) is 0 Å². The molecule has 0 radical (unpaired) electrons. The van der Waals surface area contributed by atoms with Crippen molar-refractivity contribution in [3.63, 3.8) is 0 Å². The maximum absolute atomic E-state index is 11.9. The van der Waals surface area contributed by atoms with Crippen LogP contribution in [0, 0.1) is 5.92 Å². The largest absolute Gasteiger partial charge is 0.481 e. The Kier molecular flexibility index (Phi) is 6.89. The molecule has 2 heterocycles. The number of nitrogens with one attached hydrogen (secondary N) is 1. The van der Waals surface area contributed by atoms with E-state index in [2.05, 4.69) is 34.5 Å². The van der Waals surface area contributed by atoms with Crippen molar-refractivity contribution in [2.45, 2.75) is 64.2 Å². The van der Waals surface area contributed by atoms with Crippen LogP contribution >= 0.6 is 0 Å². The van der Waals surface area contributed by atoms with E-state index in [1.54, 1.807) is 0 Å². The van der Waals surface area contributed by atoms with E-state index in [0.29, 0.717) is 12.1 Å². The number of nitrogens with zero attached hydrogens (tertiary/aromatic N) is 1. The summed E-state index contributed by atoms with van der Waals surface area (Å²) in [4.78, 5) is 15.3. The molecular formula is C29H32N2O4. The molecule has 2 aromatic carbocycles. The second kappa shape index (κ2) is 10.4. The van der Waals surface area contributed by atoms with Gasteiger partial charge in [-0.25, -0.2) is 0 Å². The molecule has 0 saturated heterocycles. The minimum absolute atomic E-state index is 0.201. The Morgan fingerprint density at radius 2 is 1.91 bits per heavy atom. The standard InChI is InChI=1S/C29H32N2O4/c32-29(33)20(8-3-1-2-4-9-21-18-30-25-12-6-5-10-22(21)25)16-26(31-34)19-14-15-24-23-11-7-13-27(23)35-28(24)17-19/h5-6,10,12,14-15,17-18,20,30,34H,1-4,7-9,11,13,16H2,(H,32,33)/t20-/m0/s1. The average Bonchev–Trinajstić information content (AvgIpc) is 3.57. The van der Waals surface area contributed by atoms with Crippen molar-refractivity contribution in [2.24, 2.45) is 11.1 Å². The molecule has 182 valence electrons. The SMILES string of the molecule is O=C(O)[C@@H](CCCCCCc1c[nH]c2ccccc12)CC(=NO)c1ccc2c3c(oc2c1)CCC3. The third-order valence-corrected chi connectivity index (χ3v) is 7.37. The number of aromatic amines is 1. The van der Waals surface area contributed by atoms with Crippen molar-refractivity contribution in [3.05, 3.63) is 71.1 Å². The zero-order valence-electron chi connectivity index (χ0n) is 19.9. The number of H-pyrrole nitrogens is 1. The summed E-state index contributed by atoms with van der Waals surface area (Å²) in [6.07, 6.45) is 11.0. The first kappa shape index (κ1) is 23.2. The summed E-state index contributed by atoms with van der Waals surface area (Å²) in [5.74, 6) is -0.373. The Morgan fingerprint density at radius 3 is 2.77 bits per heavy atom. The minimum atomic E-state index is -0.844. The smallest absolute Gasteiger partial charge is 0.306 e. The number of aromatic nitrogens is 1. The number of benzene rings is 2. The van der Waals surface area contributed by atoms with E-state index in [1.807, 2.05) is 24.3 Å². The van der Waals surface area contributed by atoms with E-state index in [1.165, 1.54) is 22.0 Å². The van der Waals surface area contributed by atoms with Crippen LogP contribution in [0.4, 0.5) is 0 Å². The van der Waals surface area contributed by atoms with Gasteiger partial charge >= 0.3 is 5.97 Å². The predicted octanol–water partition coefficient (Wildman–Crippen LogP) is 6.87. The van der Waals surface area contributed by atoms with E-state index in [-0.39, 0.29) is 6.42 Å². The Balaban J connectivity index is 1.13. The van der Waals surface area contributed by atoms with E-state index in [4.69, 9.17) is 4.42 Å². The minimum Gasteiger partial charge on any atom is -0.481 e. The number of hydrogen-bond donors (Lipinski definition) is 3. The van der Waals surface area contributed by atoms with E-state index in [0.717, 1.165) is 73.7 Å². The number of fused-ring (bicyclic) bond motifs is 4. The van der Waals surface area contributed by atoms with Gasteiger partial charge in [0.25, 0.3) is 0 Å². The molecular weight excluding hydrogens is 440 g/mol. The highest BCUT2D eigenvalue weighted by Crippen LogP contribution is 2.33. The molecule has 1 atom stereocenters. The van der Waals surface area contributed by atoms with Gasteiger partial charge in [-0.05, 0) is 49.8 Å². The van der Waals surface area contributed by atoms with Gasteiger partial charge < -0.3 is 19.7 Å². The summed E-state index contributed by atoms with van der Waals surface area (Å²) >= 11 is 0. The fraction of sp³-hybridized carbons (Fsp3) is 0.379. The van der Waals surface area contributed by atoms with Crippen LogP contribution in [-0.4, -0.2) is 27.0 Å². The number of carboxylic acids is 1. The van der Waals surface area contributed by atoms with Crippen molar-refractivity contribution in [2.75, 3.05) is 0 Å². The van der Waals surface area contributed by atoms with Gasteiger partial charge in [-0.3, -0.25) is 4.79 Å². The maximum atomic E-state index is 11.9. The molecule has 1 aliphatic rings. The zero-order valence-corrected chi connectivity index (χ0v) is 19.9. The number of aliphatic carboxylic acids is 1. The second-order valence-corrected chi connectivity index (χ2v) is 9.67. The van der Waals surface area contributed by atoms with Gasteiger partial charge in [-0.1, -0.05) is 54.8 Å². The molecule has 4 aromatic rings. The molecule has 5 rings (SSSR count). The summed E-state index contributed by atoms with van der Waals surface area (Å²) in [6.45, 7) is 0. The first-order valence-corrected chi connectivity index (χ1v) is 12.7. The predicted molar refractivity (Wildman–Crippen MR) is 137 cm³/mol. The van der Waals surface area contributed by atoms with Gasteiger partial charge in [0.05, 0.1) is 11.6 Å². The molecule has 0 aliphatic heterocycles. The highest BCUT2D eigenvalue weighted by molar-refractivity contribution is 6.04. The van der Waals surface area contributed by atoms with Crippen molar-refractivity contribution in [1.29, 1.82) is 0 Å². The van der Waals surface area contributed by atoms with Crippen molar-refractivity contribution < 1.29 is 19.5 Å². The molecule has 2 aromatic heterocycles. The third-order valence-electron chi connectivity index (χ3n) is 7.37. The van der Waals surface area contributed by atoms with Crippen LogP contribution in [0.3, 0.4) is 0 Å². The lowest BCUT2D eigenvalue weighted by Crippen LogP contribution is -2.19. The Morgan fingerprint density at radius 1 is 1.06 bits per heavy atom. The first-order valence-electron chi connectivity index (χ1n) is 12.7. The number of furan rings is 1. The summed E-state index contributed by atoms with van der Waals surface area (Å²) < 4.78 is 6.00. The number of para-hydroxylation sites is 1. The molecule has 0 bridgehead atoms. The van der Waals surface area contributed by atoms with E-state index in [9.17, 15) is 15.1 Å². The van der Waals surface area contributed by atoms with E-state index >= 15 is 0 Å². The highest BCUT2D eigenvalue weighted by Gasteiger charge is 2.23. The third kappa shape index (κ3) is 4.97. The van der Waals surface area contributed by atoms with Gasteiger partial charge in [-0.2, -0.15) is 0 Å². The number of aryl methyl sites for hydroxylation is 3. The Bertz CT molecular complexity index is 1360. The molecule has 35 heavy (non-hydrogen) atoms. The van der Waals surface area contributed by atoms with Crippen LogP contribution in [0.2, 0.25) is 0 Å². The topological polar surface area (TPSA) is 98.8 Å². The van der Waals surface area contributed by atoms with Crippen molar-refractivity contribution in [3.8, 4) is 0 Å². The molecule has 0 fully saturated rings. The molecule has 0 unspecified atom stereocenters. The van der Waals surface area contributed by atoms with Gasteiger partial charge in [0.15, 0.2) is 0 Å². The van der Waals surface area contributed by atoms with Gasteiger partial charge in [0.1, 0.15) is 11.3 Å². The lowest BCUT2D eigenvalue weighted by molar-refractivity contribution is -0.141. The quantitative estimate of drug-likeness (QED) is 0.0960. The number of oxime groups is 1. The summed E-state index contributed by atoms with van der Waals surface area (Å²) in [7, 11) is 0. The lowest BCUT2D eigenvalue weighted by atomic mass is 9.92. The summed E-state index contributed by atoms with van der Waals surface area (Å²) in [5, 5.41) is 25.3. The van der Waals surface area contributed by atoms with Crippen LogP contribution in [0.5, 0.6) is 0 Å². The number of carboxylic acid groups (broad SMARTS) is 1. The second-order valence-electron chi connectivity index (χ2n) is 9.67. The number of rotatable bonds is 11. The maximum Gasteiger partial charge on any atom is 0.306 e. The summed E-state index contributed by atoms with van der Waals surface area (Å²) in [6, 6.07) is 14.1. The van der Waals surface area contributed by atoms with Crippen LogP contribution in [0.25, 0.3) is 21.9 Å². The Hall–Kier alpha value is -3.54. The lowest BCUT2D eigenvalue weighted by Gasteiger charge is -2.13. The van der Waals surface area contributed by atoms with Crippen molar-refractivity contribution in [1.82, 2.24) is 4.98 Å². The molecule has 3 N–H and O–H groups in total. The van der Waals surface area contributed by atoms with Crippen LogP contribution < -0.4 is 0 Å². The number of carbonyl (C=O) groups is 1. The summed E-state index contributed by atoms with van der Waals surface area (Å²) in [5.41, 5.74) is 5.69. The first-order chi connectivity index (χ1) is 17.1. The zero-order chi connectivity index (χ0) is 24.2. The Labute approximate surface area is 204 Å². The van der Waals surface area contributed by atoms with Crippen molar-refractivity contribution >= 4 is 33.6 Å². The normalized spacial score (nSPS) is 14.6. The molecule has 0 amide bonds. The molecule has 0 saturated carbocycles. The molecule has 1 aliphatic carbocycles. The molecule has 0 spiro atoms. The van der Waals surface area contributed by atoms with Gasteiger partial charge in [0.2, 0.25) is 0 Å². The van der Waals surface area contributed by atoms with Crippen LogP contribution in [0.15, 0.2) is 58.2 Å². The van der Waals surface area contributed by atoms with Crippen LogP contribution in [0.1, 0.15) is 67.4 Å². The van der Waals surface area contributed by atoms with E-state index < -0.39 is 11.9 Å². The highest BCUT2D eigenvalue weighted by atomic mass is 16.4. The monoisotopic (exact) mass is 472 g/mol. The molecule has 6 heteroatoms. The number of hydrogen-bond acceptors (Lipinski definition) is 4. The average molecular weight is 473 g/mol. The van der Waals surface area contributed by atoms with Gasteiger partial charge in [0, 0.05) is 46.5 Å². The molecule has 6 nitrogen and oxygen atoms in total. The fourth-order valence-electron chi connectivity index (χ4n) is 5.44. The number of unbranched alkanes of at least 4 members (excludes halogenated alkanes) is 3. The van der Waals surface area contributed by atoms with Crippen LogP contribution in [-0.2, 0) is 24.1 Å².